The third-order valence-electron chi connectivity index (χ3n) is 2.23. The van der Waals surface area contributed by atoms with E-state index in [0.717, 1.165) is 11.1 Å². The normalized spacial score (nSPS) is 10.4. The van der Waals surface area contributed by atoms with Gasteiger partial charge in [0.05, 0.1) is 7.11 Å². The van der Waals surface area contributed by atoms with Crippen LogP contribution >= 0.6 is 34.8 Å². The van der Waals surface area contributed by atoms with Gasteiger partial charge in [-0.15, -0.1) is 0 Å². The van der Waals surface area contributed by atoms with Crippen molar-refractivity contribution in [3.05, 3.63) is 45.5 Å². The molecule has 0 aliphatic rings. The van der Waals surface area contributed by atoms with Gasteiger partial charge in [-0.3, -0.25) is 0 Å². The van der Waals surface area contributed by atoms with Gasteiger partial charge in [0.15, 0.2) is 0 Å². The maximum atomic E-state index is 6.12. The van der Waals surface area contributed by atoms with E-state index in [-0.39, 0.29) is 0 Å². The van der Waals surface area contributed by atoms with Crippen LogP contribution in [0.25, 0.3) is 11.1 Å². The van der Waals surface area contributed by atoms with E-state index in [9.17, 15) is 0 Å². The molecule has 0 radical (unpaired) electrons. The van der Waals surface area contributed by atoms with E-state index in [4.69, 9.17) is 39.5 Å². The lowest BCUT2D eigenvalue weighted by molar-refractivity contribution is 0.398. The van der Waals surface area contributed by atoms with Gasteiger partial charge in [-0.1, -0.05) is 40.9 Å². The van der Waals surface area contributed by atoms with Crippen molar-refractivity contribution in [1.29, 1.82) is 0 Å². The van der Waals surface area contributed by atoms with Crippen molar-refractivity contribution in [1.82, 2.24) is 4.98 Å². The minimum Gasteiger partial charge on any atom is -0.481 e. The molecule has 2 aromatic rings. The molecule has 0 amide bonds. The first kappa shape index (κ1) is 12.5. The fourth-order valence-electron chi connectivity index (χ4n) is 1.50. The molecule has 1 aromatic carbocycles. The molecule has 2 rings (SSSR count). The maximum Gasteiger partial charge on any atom is 0.214 e. The third kappa shape index (κ3) is 2.65. The SMILES string of the molecule is COc1cc(-c2c(Cl)cccc2Cl)cc(Cl)n1. The lowest BCUT2D eigenvalue weighted by Gasteiger charge is -2.08. The topological polar surface area (TPSA) is 22.1 Å². The largest absolute Gasteiger partial charge is 0.481 e. The molecule has 0 fully saturated rings. The van der Waals surface area contributed by atoms with E-state index in [1.807, 2.05) is 0 Å². The van der Waals surface area contributed by atoms with Crippen molar-refractivity contribution in [2.45, 2.75) is 0 Å². The molecule has 0 spiro atoms. The van der Waals surface area contributed by atoms with Crippen molar-refractivity contribution < 1.29 is 4.74 Å². The van der Waals surface area contributed by atoms with Crippen LogP contribution in [0.3, 0.4) is 0 Å². The van der Waals surface area contributed by atoms with Crippen LogP contribution in [0.15, 0.2) is 30.3 Å². The van der Waals surface area contributed by atoms with Crippen LogP contribution in [-0.4, -0.2) is 12.1 Å². The Morgan fingerprint density at radius 3 is 2.29 bits per heavy atom. The molecule has 1 heterocycles. The van der Waals surface area contributed by atoms with Crippen LogP contribution in [0.2, 0.25) is 15.2 Å². The minimum absolute atomic E-state index is 0.329. The molecule has 88 valence electrons. The number of methoxy groups -OCH3 is 1. The first-order valence-corrected chi connectivity index (χ1v) is 5.91. The quantitative estimate of drug-likeness (QED) is 0.746. The van der Waals surface area contributed by atoms with E-state index >= 15 is 0 Å². The number of rotatable bonds is 2. The van der Waals surface area contributed by atoms with E-state index in [1.165, 1.54) is 7.11 Å². The fourth-order valence-corrected chi connectivity index (χ4v) is 2.31. The number of nitrogens with zero attached hydrogens (tertiary/aromatic N) is 1. The summed E-state index contributed by atoms with van der Waals surface area (Å²) in [5, 5.41) is 1.44. The Kier molecular flexibility index (Phi) is 3.77. The van der Waals surface area contributed by atoms with Crippen molar-refractivity contribution in [2.24, 2.45) is 0 Å². The Morgan fingerprint density at radius 1 is 1.06 bits per heavy atom. The van der Waals surface area contributed by atoms with Crippen molar-refractivity contribution in [3.8, 4) is 17.0 Å². The van der Waals surface area contributed by atoms with Gasteiger partial charge < -0.3 is 4.74 Å². The molecular formula is C12H8Cl3NO. The van der Waals surface area contributed by atoms with Gasteiger partial charge in [-0.2, -0.15) is 0 Å². The van der Waals surface area contributed by atoms with Crippen molar-refractivity contribution >= 4 is 34.8 Å². The van der Waals surface area contributed by atoms with Gasteiger partial charge >= 0.3 is 0 Å². The van der Waals surface area contributed by atoms with Gasteiger partial charge in [-0.25, -0.2) is 4.98 Å². The predicted molar refractivity (Wildman–Crippen MR) is 71.3 cm³/mol. The molecular weight excluding hydrogens is 280 g/mol. The summed E-state index contributed by atoms with van der Waals surface area (Å²) in [5.41, 5.74) is 1.50. The third-order valence-corrected chi connectivity index (χ3v) is 3.05. The molecule has 0 saturated heterocycles. The molecule has 0 bridgehead atoms. The summed E-state index contributed by atoms with van der Waals surface area (Å²) < 4.78 is 5.06. The molecule has 1 aromatic heterocycles. The Balaban J connectivity index is 2.64. The van der Waals surface area contributed by atoms with Crippen LogP contribution in [0.1, 0.15) is 0 Å². The van der Waals surface area contributed by atoms with Gasteiger partial charge in [-0.05, 0) is 23.8 Å². The summed E-state index contributed by atoms with van der Waals surface area (Å²) in [6.45, 7) is 0. The minimum atomic E-state index is 0.329. The maximum absolute atomic E-state index is 6.12. The highest BCUT2D eigenvalue weighted by molar-refractivity contribution is 6.39. The first-order chi connectivity index (χ1) is 8.11. The number of hydrogen-bond acceptors (Lipinski definition) is 2. The van der Waals surface area contributed by atoms with Crippen LogP contribution in [-0.2, 0) is 0 Å². The molecule has 0 unspecified atom stereocenters. The van der Waals surface area contributed by atoms with Gasteiger partial charge in [0.2, 0.25) is 5.88 Å². The predicted octanol–water partition coefficient (Wildman–Crippen LogP) is 4.72. The summed E-state index contributed by atoms with van der Waals surface area (Å²) in [5.74, 6) is 0.420. The van der Waals surface area contributed by atoms with Crippen LogP contribution in [0.5, 0.6) is 5.88 Å². The Morgan fingerprint density at radius 2 is 1.71 bits per heavy atom. The van der Waals surface area contributed by atoms with Gasteiger partial charge in [0.25, 0.3) is 0 Å². The molecule has 17 heavy (non-hydrogen) atoms. The molecule has 0 aliphatic heterocycles. The second-order valence-electron chi connectivity index (χ2n) is 3.32. The van der Waals surface area contributed by atoms with E-state index in [0.29, 0.717) is 21.1 Å². The smallest absolute Gasteiger partial charge is 0.214 e. The van der Waals surface area contributed by atoms with Gasteiger partial charge in [0.1, 0.15) is 5.15 Å². The Labute approximate surface area is 114 Å². The zero-order chi connectivity index (χ0) is 12.4. The average molecular weight is 289 g/mol. The highest BCUT2D eigenvalue weighted by Crippen LogP contribution is 2.36. The second kappa shape index (κ2) is 5.13. The summed E-state index contributed by atoms with van der Waals surface area (Å²) >= 11 is 18.2. The lowest BCUT2D eigenvalue weighted by atomic mass is 10.1. The number of ether oxygens (including phenoxy) is 1. The van der Waals surface area contributed by atoms with E-state index in [2.05, 4.69) is 4.98 Å². The summed E-state index contributed by atoms with van der Waals surface area (Å²) in [6.07, 6.45) is 0. The van der Waals surface area contributed by atoms with E-state index < -0.39 is 0 Å². The Bertz CT molecular complexity index is 537. The number of hydrogen-bond donors (Lipinski definition) is 0. The van der Waals surface area contributed by atoms with Crippen molar-refractivity contribution in [3.63, 3.8) is 0 Å². The van der Waals surface area contributed by atoms with Crippen molar-refractivity contribution in [2.75, 3.05) is 7.11 Å². The highest BCUT2D eigenvalue weighted by atomic mass is 35.5. The summed E-state index contributed by atoms with van der Waals surface area (Å²) in [7, 11) is 1.52. The summed E-state index contributed by atoms with van der Waals surface area (Å²) in [6, 6.07) is 8.75. The average Bonchev–Trinajstić information content (AvgIpc) is 2.28. The van der Waals surface area contributed by atoms with Crippen LogP contribution in [0, 0.1) is 0 Å². The lowest BCUT2D eigenvalue weighted by Crippen LogP contribution is -1.90. The highest BCUT2D eigenvalue weighted by Gasteiger charge is 2.10. The number of halogens is 3. The zero-order valence-electron chi connectivity index (χ0n) is 8.88. The molecule has 2 nitrogen and oxygen atoms in total. The molecule has 0 N–H and O–H groups in total. The fraction of sp³-hybridized carbons (Fsp3) is 0.0833. The van der Waals surface area contributed by atoms with E-state index in [1.54, 1.807) is 30.3 Å². The molecule has 0 saturated carbocycles. The standard InChI is InChI=1S/C12H8Cl3NO/c1-17-11-6-7(5-10(15)16-11)12-8(13)3-2-4-9(12)14/h2-6H,1H3. The molecule has 5 heteroatoms. The monoisotopic (exact) mass is 287 g/mol. The van der Waals surface area contributed by atoms with Crippen LogP contribution in [0.4, 0.5) is 0 Å². The number of pyridine rings is 1. The number of benzene rings is 1. The Hall–Kier alpha value is -0.960. The van der Waals surface area contributed by atoms with Crippen LogP contribution < -0.4 is 4.74 Å². The first-order valence-electron chi connectivity index (χ1n) is 4.78. The molecule has 0 atom stereocenters. The van der Waals surface area contributed by atoms with Gasteiger partial charge in [0, 0.05) is 21.7 Å². The number of aromatic nitrogens is 1. The molecule has 0 aliphatic carbocycles. The second-order valence-corrected chi connectivity index (χ2v) is 4.52. The zero-order valence-corrected chi connectivity index (χ0v) is 11.1. The summed E-state index contributed by atoms with van der Waals surface area (Å²) in [4.78, 5) is 3.99.